The summed E-state index contributed by atoms with van der Waals surface area (Å²) >= 11 is 1.78. The van der Waals surface area contributed by atoms with Crippen molar-refractivity contribution in [3.8, 4) is 0 Å². The molecular weight excluding hydrogens is 373 g/mol. The Hall–Kier alpha value is -1.41. The van der Waals surface area contributed by atoms with E-state index >= 15 is 0 Å². The molecule has 0 bridgehead atoms. The summed E-state index contributed by atoms with van der Waals surface area (Å²) in [6.45, 7) is 6.36. The smallest absolute Gasteiger partial charge is 0.357 e. The molecule has 1 aromatic carbocycles. The van der Waals surface area contributed by atoms with E-state index in [9.17, 15) is 13.2 Å². The largest absolute Gasteiger partial charge is 0.401 e. The zero-order valence-corrected chi connectivity index (χ0v) is 16.7. The minimum atomic E-state index is -4.12. The van der Waals surface area contributed by atoms with Crippen molar-refractivity contribution >= 4 is 17.7 Å². The maximum atomic E-state index is 12.5. The van der Waals surface area contributed by atoms with Crippen molar-refractivity contribution in [2.24, 2.45) is 10.9 Å². The van der Waals surface area contributed by atoms with Gasteiger partial charge < -0.3 is 10.6 Å². The van der Waals surface area contributed by atoms with Crippen LogP contribution in [0.4, 0.5) is 13.2 Å². The monoisotopic (exact) mass is 402 g/mol. The van der Waals surface area contributed by atoms with E-state index in [-0.39, 0.29) is 5.92 Å². The fourth-order valence-electron chi connectivity index (χ4n) is 3.05. The van der Waals surface area contributed by atoms with Crippen LogP contribution in [0.1, 0.15) is 20.3 Å². The number of hydrogen-bond donors (Lipinski definition) is 2. The number of rotatable bonds is 8. The first-order chi connectivity index (χ1) is 12.9. The van der Waals surface area contributed by atoms with Crippen molar-refractivity contribution in [1.82, 2.24) is 15.5 Å². The van der Waals surface area contributed by atoms with E-state index in [1.807, 2.05) is 25.1 Å². The molecule has 1 fully saturated rings. The Bertz CT molecular complexity index is 580. The second kappa shape index (κ2) is 10.8. The van der Waals surface area contributed by atoms with Crippen molar-refractivity contribution in [3.63, 3.8) is 0 Å². The quantitative estimate of drug-likeness (QED) is 0.396. The number of benzene rings is 1. The highest BCUT2D eigenvalue weighted by atomic mass is 32.2. The van der Waals surface area contributed by atoms with Gasteiger partial charge in [0, 0.05) is 29.8 Å². The van der Waals surface area contributed by atoms with Crippen LogP contribution in [-0.2, 0) is 0 Å². The number of nitrogens with one attached hydrogen (secondary N) is 2. The Morgan fingerprint density at radius 2 is 2.04 bits per heavy atom. The molecular formula is C19H29F3N4S. The molecule has 2 unspecified atom stereocenters. The third-order valence-corrected chi connectivity index (χ3v) is 5.36. The van der Waals surface area contributed by atoms with Crippen molar-refractivity contribution in [2.45, 2.75) is 36.6 Å². The van der Waals surface area contributed by atoms with Crippen molar-refractivity contribution < 1.29 is 13.2 Å². The highest BCUT2D eigenvalue weighted by Gasteiger charge is 2.34. The SMILES string of the molecule is CCNC(=NCC(C)Sc1ccccc1)NCC1CCN(CC(F)(F)F)C1. The van der Waals surface area contributed by atoms with Gasteiger partial charge in [-0.1, -0.05) is 25.1 Å². The summed E-state index contributed by atoms with van der Waals surface area (Å²) in [5.41, 5.74) is 0. The van der Waals surface area contributed by atoms with Crippen LogP contribution < -0.4 is 10.6 Å². The van der Waals surface area contributed by atoms with Crippen molar-refractivity contribution in [1.29, 1.82) is 0 Å². The molecule has 152 valence electrons. The zero-order valence-electron chi connectivity index (χ0n) is 15.9. The predicted octanol–water partition coefficient (Wildman–Crippen LogP) is 3.61. The molecule has 1 aliphatic rings. The lowest BCUT2D eigenvalue weighted by atomic mass is 10.1. The summed E-state index contributed by atoms with van der Waals surface area (Å²) < 4.78 is 37.5. The van der Waals surface area contributed by atoms with Crippen LogP contribution in [0.3, 0.4) is 0 Å². The second-order valence-corrected chi connectivity index (χ2v) is 8.36. The Balaban J connectivity index is 1.76. The molecule has 27 heavy (non-hydrogen) atoms. The molecule has 0 radical (unpaired) electrons. The summed E-state index contributed by atoms with van der Waals surface area (Å²) in [7, 11) is 0. The molecule has 1 aliphatic heterocycles. The van der Waals surface area contributed by atoms with Gasteiger partial charge in [0.15, 0.2) is 5.96 Å². The minimum absolute atomic E-state index is 0.215. The van der Waals surface area contributed by atoms with E-state index in [1.165, 1.54) is 9.80 Å². The van der Waals surface area contributed by atoms with Gasteiger partial charge in [-0.25, -0.2) is 0 Å². The van der Waals surface area contributed by atoms with E-state index in [2.05, 4.69) is 34.7 Å². The van der Waals surface area contributed by atoms with Gasteiger partial charge in [-0.2, -0.15) is 13.2 Å². The number of hydrogen-bond acceptors (Lipinski definition) is 3. The Morgan fingerprint density at radius 1 is 1.30 bits per heavy atom. The van der Waals surface area contributed by atoms with E-state index in [0.717, 1.165) is 18.9 Å². The third kappa shape index (κ3) is 8.88. The molecule has 0 aliphatic carbocycles. The van der Waals surface area contributed by atoms with Crippen LogP contribution >= 0.6 is 11.8 Å². The lowest BCUT2D eigenvalue weighted by Crippen LogP contribution is -2.41. The van der Waals surface area contributed by atoms with E-state index in [1.54, 1.807) is 11.8 Å². The molecule has 4 nitrogen and oxygen atoms in total. The second-order valence-electron chi connectivity index (χ2n) is 6.85. The number of likely N-dealkylation sites (tertiary alicyclic amines) is 1. The predicted molar refractivity (Wildman–Crippen MR) is 106 cm³/mol. The normalized spacial score (nSPS) is 19.9. The van der Waals surface area contributed by atoms with Crippen LogP contribution in [0.25, 0.3) is 0 Å². The lowest BCUT2D eigenvalue weighted by Gasteiger charge is -2.19. The molecule has 1 aromatic rings. The molecule has 1 heterocycles. The van der Waals surface area contributed by atoms with Gasteiger partial charge in [0.2, 0.25) is 0 Å². The number of guanidine groups is 1. The highest BCUT2D eigenvalue weighted by molar-refractivity contribution is 8.00. The summed E-state index contributed by atoms with van der Waals surface area (Å²) in [4.78, 5) is 7.33. The summed E-state index contributed by atoms with van der Waals surface area (Å²) in [5.74, 6) is 0.944. The van der Waals surface area contributed by atoms with E-state index < -0.39 is 12.7 Å². The molecule has 0 saturated carbocycles. The fraction of sp³-hybridized carbons (Fsp3) is 0.632. The number of nitrogens with zero attached hydrogens (tertiary/aromatic N) is 2. The molecule has 2 atom stereocenters. The lowest BCUT2D eigenvalue weighted by molar-refractivity contribution is -0.143. The van der Waals surface area contributed by atoms with Gasteiger partial charge in [-0.05, 0) is 37.9 Å². The van der Waals surface area contributed by atoms with Gasteiger partial charge in [0.1, 0.15) is 0 Å². The van der Waals surface area contributed by atoms with Crippen LogP contribution in [-0.4, -0.2) is 61.6 Å². The topological polar surface area (TPSA) is 39.7 Å². The number of halogens is 3. The summed E-state index contributed by atoms with van der Waals surface area (Å²) in [5, 5.41) is 6.83. The Labute approximate surface area is 164 Å². The van der Waals surface area contributed by atoms with Crippen LogP contribution in [0.2, 0.25) is 0 Å². The van der Waals surface area contributed by atoms with E-state index in [0.29, 0.717) is 31.4 Å². The first-order valence-electron chi connectivity index (χ1n) is 9.38. The van der Waals surface area contributed by atoms with Gasteiger partial charge >= 0.3 is 6.18 Å². The van der Waals surface area contributed by atoms with Crippen LogP contribution in [0.15, 0.2) is 40.2 Å². The standard InChI is InChI=1S/C19H29F3N4S/c1-3-23-18(24-11-15(2)27-17-7-5-4-6-8-17)25-12-16-9-10-26(13-16)14-19(20,21)22/h4-8,15-16H,3,9-14H2,1-2H3,(H2,23,24,25). The van der Waals surface area contributed by atoms with Gasteiger partial charge in [-0.15, -0.1) is 11.8 Å². The fourth-order valence-corrected chi connectivity index (χ4v) is 3.98. The first kappa shape index (κ1) is 21.9. The molecule has 0 aromatic heterocycles. The highest BCUT2D eigenvalue weighted by Crippen LogP contribution is 2.23. The number of aliphatic imine (C=N–C) groups is 1. The number of thioether (sulfide) groups is 1. The summed E-state index contributed by atoms with van der Waals surface area (Å²) in [6, 6.07) is 10.2. The molecule has 8 heteroatoms. The zero-order chi connectivity index (χ0) is 19.7. The van der Waals surface area contributed by atoms with Crippen LogP contribution in [0, 0.1) is 5.92 Å². The third-order valence-electron chi connectivity index (χ3n) is 4.26. The molecule has 0 amide bonds. The minimum Gasteiger partial charge on any atom is -0.357 e. The maximum absolute atomic E-state index is 12.5. The molecule has 1 saturated heterocycles. The van der Waals surface area contributed by atoms with Gasteiger partial charge in [0.25, 0.3) is 0 Å². The van der Waals surface area contributed by atoms with Crippen molar-refractivity contribution in [3.05, 3.63) is 30.3 Å². The first-order valence-corrected chi connectivity index (χ1v) is 10.3. The Kier molecular flexibility index (Phi) is 8.76. The van der Waals surface area contributed by atoms with Gasteiger partial charge in [-0.3, -0.25) is 9.89 Å². The van der Waals surface area contributed by atoms with Crippen molar-refractivity contribution in [2.75, 3.05) is 39.3 Å². The number of alkyl halides is 3. The Morgan fingerprint density at radius 3 is 2.70 bits per heavy atom. The van der Waals surface area contributed by atoms with Gasteiger partial charge in [0.05, 0.1) is 13.1 Å². The molecule has 2 rings (SSSR count). The van der Waals surface area contributed by atoms with E-state index in [4.69, 9.17) is 0 Å². The average Bonchev–Trinajstić information content (AvgIpc) is 3.03. The van der Waals surface area contributed by atoms with Crippen LogP contribution in [0.5, 0.6) is 0 Å². The molecule has 0 spiro atoms. The average molecular weight is 403 g/mol. The molecule has 2 N–H and O–H groups in total. The maximum Gasteiger partial charge on any atom is 0.401 e. The summed E-state index contributed by atoms with van der Waals surface area (Å²) in [6.07, 6.45) is -3.34.